The highest BCUT2D eigenvalue weighted by Crippen LogP contribution is 2.49. The van der Waals surface area contributed by atoms with E-state index >= 15 is 0 Å². The largest absolute Gasteiger partial charge is 0.372 e. The minimum Gasteiger partial charge on any atom is -0.372 e. The molecule has 1 aliphatic heterocycles. The van der Waals surface area contributed by atoms with Crippen LogP contribution in [-0.4, -0.2) is 31.6 Å². The Balaban J connectivity index is 3.08. The number of rotatable bonds is 4. The first-order valence-corrected chi connectivity index (χ1v) is 9.18. The Morgan fingerprint density at radius 1 is 1.33 bits per heavy atom. The Kier molecular flexibility index (Phi) is 4.26. The maximum atomic E-state index is 12.0. The summed E-state index contributed by atoms with van der Waals surface area (Å²) in [5.41, 5.74) is -0.383. The summed E-state index contributed by atoms with van der Waals surface area (Å²) < 4.78 is 32.2. The van der Waals surface area contributed by atoms with Gasteiger partial charge < -0.3 is 9.26 Å². The Hall–Kier alpha value is 0.150. The van der Waals surface area contributed by atoms with Crippen LogP contribution >= 0.6 is 7.37 Å². The van der Waals surface area contributed by atoms with E-state index in [0.717, 1.165) is 0 Å². The molecule has 108 valence electrons. The predicted molar refractivity (Wildman–Crippen MR) is 76.4 cm³/mol. The summed E-state index contributed by atoms with van der Waals surface area (Å²) in [6, 6.07) is 0. The van der Waals surface area contributed by atoms with E-state index in [-0.39, 0.29) is 29.6 Å². The Morgan fingerprint density at radius 2 is 1.83 bits per heavy atom. The van der Waals surface area contributed by atoms with Gasteiger partial charge in [-0.3, -0.25) is 4.57 Å². The molecule has 3 nitrogen and oxygen atoms in total. The molecule has 3 unspecified atom stereocenters. The summed E-state index contributed by atoms with van der Waals surface area (Å²) >= 11 is 0. The molecular formula is C14H29O3P. The van der Waals surface area contributed by atoms with Crippen LogP contribution in [0.15, 0.2) is 0 Å². The molecule has 1 saturated heterocycles. The van der Waals surface area contributed by atoms with Gasteiger partial charge in [-0.1, -0.05) is 34.6 Å². The van der Waals surface area contributed by atoms with E-state index in [0.29, 0.717) is 0 Å². The second-order valence-corrected chi connectivity index (χ2v) is 9.38. The molecule has 0 spiro atoms. The van der Waals surface area contributed by atoms with Crippen molar-refractivity contribution in [3.63, 3.8) is 0 Å². The molecule has 0 aliphatic carbocycles. The molecule has 0 aromatic carbocycles. The van der Waals surface area contributed by atoms with Gasteiger partial charge in [-0.25, -0.2) is 0 Å². The van der Waals surface area contributed by atoms with Crippen molar-refractivity contribution in [1.29, 1.82) is 0 Å². The highest BCUT2D eigenvalue weighted by molar-refractivity contribution is 7.57. The van der Waals surface area contributed by atoms with E-state index in [4.69, 9.17) is 10.6 Å². The van der Waals surface area contributed by atoms with Gasteiger partial charge in [0.15, 0.2) is 7.37 Å². The standard InChI is InChI=1S/C14H29O3P/c1-9(2)14(5,6)13-12(17-18(7,8)15)10(3)11(4)16-13/h9-13H,1-8H3/t10?,11?,12?,13-/m0/s1/i9T. The molecule has 0 saturated carbocycles. The third kappa shape index (κ3) is 3.37. The topological polar surface area (TPSA) is 35.5 Å². The lowest BCUT2D eigenvalue weighted by Crippen LogP contribution is -2.42. The van der Waals surface area contributed by atoms with Gasteiger partial charge in [0.05, 0.1) is 18.3 Å². The number of hydrogen-bond acceptors (Lipinski definition) is 3. The zero-order chi connectivity index (χ0) is 15.2. The molecule has 1 fully saturated rings. The van der Waals surface area contributed by atoms with Crippen LogP contribution in [0.4, 0.5) is 0 Å². The van der Waals surface area contributed by atoms with Crippen molar-refractivity contribution < 1.29 is 15.2 Å². The summed E-state index contributed by atoms with van der Waals surface area (Å²) in [5.74, 6) is -0.478. The molecule has 4 heteroatoms. The average Bonchev–Trinajstić information content (AvgIpc) is 2.42. The maximum Gasteiger partial charge on any atom is 0.197 e. The van der Waals surface area contributed by atoms with Gasteiger partial charge in [0.2, 0.25) is 0 Å². The van der Waals surface area contributed by atoms with Gasteiger partial charge in [0.1, 0.15) is 0 Å². The second kappa shape index (κ2) is 5.26. The monoisotopic (exact) mass is 278 g/mol. The molecule has 1 aliphatic rings. The van der Waals surface area contributed by atoms with Crippen molar-refractivity contribution in [1.82, 2.24) is 0 Å². The molecule has 0 aromatic heterocycles. The van der Waals surface area contributed by atoms with Crippen LogP contribution in [0.1, 0.15) is 42.9 Å². The van der Waals surface area contributed by atoms with Gasteiger partial charge in [-0.2, -0.15) is 0 Å². The van der Waals surface area contributed by atoms with Crippen LogP contribution in [0.5, 0.6) is 0 Å². The number of hydrogen-bond donors (Lipinski definition) is 0. The molecule has 0 bridgehead atoms. The molecule has 0 radical (unpaired) electrons. The number of ether oxygens (including phenoxy) is 1. The summed E-state index contributed by atoms with van der Waals surface area (Å²) in [7, 11) is -2.58. The van der Waals surface area contributed by atoms with Crippen molar-refractivity contribution in [2.75, 3.05) is 13.3 Å². The quantitative estimate of drug-likeness (QED) is 0.729. The van der Waals surface area contributed by atoms with Gasteiger partial charge in [0.25, 0.3) is 0 Å². The molecule has 1 heterocycles. The molecule has 4 atom stereocenters. The lowest BCUT2D eigenvalue weighted by molar-refractivity contribution is -0.0660. The highest BCUT2D eigenvalue weighted by Gasteiger charge is 2.50. The average molecular weight is 278 g/mol. The van der Waals surface area contributed by atoms with Crippen LogP contribution in [0.2, 0.25) is 0 Å². The first-order chi connectivity index (χ1) is 8.27. The summed E-state index contributed by atoms with van der Waals surface area (Å²) in [6.45, 7) is 15.2. The highest BCUT2D eigenvalue weighted by atomic mass is 31.2. The van der Waals surface area contributed by atoms with Gasteiger partial charge in [0, 0.05) is 20.6 Å². The molecule has 1 rings (SSSR count). The fraction of sp³-hybridized carbons (Fsp3) is 1.00. The van der Waals surface area contributed by atoms with Crippen molar-refractivity contribution in [2.24, 2.45) is 17.2 Å². The summed E-state index contributed by atoms with van der Waals surface area (Å²) in [6.07, 6.45) is -0.364. The van der Waals surface area contributed by atoms with E-state index in [9.17, 15) is 4.57 Å². The normalized spacial score (nSPS) is 35.7. The van der Waals surface area contributed by atoms with E-state index in [1.807, 2.05) is 34.6 Å². The van der Waals surface area contributed by atoms with Crippen LogP contribution in [0.25, 0.3) is 0 Å². The third-order valence-electron chi connectivity index (χ3n) is 4.29. The molecular weight excluding hydrogens is 247 g/mol. The predicted octanol–water partition coefficient (Wildman–Crippen LogP) is 4.01. The SMILES string of the molecule is [3H]C(C)(C)C(C)(C)[C@H]1OC(C)C(C)C1OP(C)(C)=O. The van der Waals surface area contributed by atoms with E-state index < -0.39 is 13.3 Å². The smallest absolute Gasteiger partial charge is 0.197 e. The minimum atomic E-state index is -2.58. The first kappa shape index (κ1) is 14.6. The fourth-order valence-corrected chi connectivity index (χ4v) is 3.17. The summed E-state index contributed by atoms with van der Waals surface area (Å²) in [4.78, 5) is 0. The van der Waals surface area contributed by atoms with Gasteiger partial charge in [-0.05, 0) is 18.2 Å². The molecule has 0 amide bonds. The van der Waals surface area contributed by atoms with Gasteiger partial charge in [-0.15, -0.1) is 0 Å². The first-order valence-electron chi connectivity index (χ1n) is 7.16. The Bertz CT molecular complexity index is 369. The van der Waals surface area contributed by atoms with Crippen molar-refractivity contribution in [3.05, 3.63) is 0 Å². The van der Waals surface area contributed by atoms with Crippen LogP contribution in [0, 0.1) is 17.2 Å². The molecule has 0 aromatic rings. The van der Waals surface area contributed by atoms with E-state index in [1.54, 1.807) is 13.3 Å². The van der Waals surface area contributed by atoms with Crippen LogP contribution < -0.4 is 0 Å². The lowest BCUT2D eigenvalue weighted by Gasteiger charge is -2.38. The van der Waals surface area contributed by atoms with Crippen molar-refractivity contribution >= 4 is 7.37 Å². The van der Waals surface area contributed by atoms with E-state index in [1.165, 1.54) is 0 Å². The molecule has 0 N–H and O–H groups in total. The Morgan fingerprint density at radius 3 is 2.22 bits per heavy atom. The summed E-state index contributed by atoms with van der Waals surface area (Å²) in [5, 5.41) is 0. The van der Waals surface area contributed by atoms with Gasteiger partial charge >= 0.3 is 0 Å². The molecule has 18 heavy (non-hydrogen) atoms. The van der Waals surface area contributed by atoms with Crippen LogP contribution in [-0.2, 0) is 13.8 Å². The van der Waals surface area contributed by atoms with E-state index in [2.05, 4.69) is 6.92 Å². The second-order valence-electron chi connectivity index (χ2n) is 6.66. The van der Waals surface area contributed by atoms with Crippen LogP contribution in [0.3, 0.4) is 0 Å². The van der Waals surface area contributed by atoms with Crippen molar-refractivity contribution in [2.45, 2.75) is 59.9 Å². The zero-order valence-corrected chi connectivity index (χ0v) is 13.9. The third-order valence-corrected chi connectivity index (χ3v) is 5.04. The van der Waals surface area contributed by atoms with Crippen molar-refractivity contribution in [3.8, 4) is 0 Å². The maximum absolute atomic E-state index is 12.0. The minimum absolute atomic E-state index is 0.0585. The fourth-order valence-electron chi connectivity index (χ4n) is 2.29. The lowest BCUT2D eigenvalue weighted by atomic mass is 9.73. The Labute approximate surface area is 113 Å². The zero-order valence-electron chi connectivity index (χ0n) is 14.0.